The van der Waals surface area contributed by atoms with Gasteiger partial charge in [0, 0.05) is 18.5 Å². The maximum absolute atomic E-state index is 13.1. The number of hydrogen-bond donors (Lipinski definition) is 2. The smallest absolute Gasteiger partial charge is 0.309 e. The van der Waals surface area contributed by atoms with Gasteiger partial charge in [-0.2, -0.15) is 5.26 Å². The summed E-state index contributed by atoms with van der Waals surface area (Å²) in [7, 11) is 0. The van der Waals surface area contributed by atoms with Crippen LogP contribution < -0.4 is 11.5 Å². The maximum atomic E-state index is 13.1. The molecule has 8 nitrogen and oxygen atoms in total. The van der Waals surface area contributed by atoms with Crippen LogP contribution in [-0.2, 0) is 9.53 Å². The summed E-state index contributed by atoms with van der Waals surface area (Å²) >= 11 is 1.20. The van der Waals surface area contributed by atoms with E-state index in [-0.39, 0.29) is 29.5 Å². The highest BCUT2D eigenvalue weighted by atomic mass is 32.1. The summed E-state index contributed by atoms with van der Waals surface area (Å²) in [6.07, 6.45) is 1.13. The first-order chi connectivity index (χ1) is 13.8. The molecule has 0 saturated carbocycles. The number of rotatable bonds is 4. The van der Waals surface area contributed by atoms with Gasteiger partial charge in [0.15, 0.2) is 0 Å². The average molecular weight is 416 g/mol. The Hall–Kier alpha value is -2.86. The minimum absolute atomic E-state index is 0.00220. The van der Waals surface area contributed by atoms with Crippen LogP contribution >= 0.6 is 11.3 Å². The number of nitrogens with zero attached hydrogens (tertiary/aromatic N) is 3. The predicted octanol–water partition coefficient (Wildman–Crippen LogP) is 2.87. The quantitative estimate of drug-likeness (QED) is 0.733. The maximum Gasteiger partial charge on any atom is 0.309 e. The molecule has 0 atom stereocenters. The molecule has 1 amide bonds. The van der Waals surface area contributed by atoms with Gasteiger partial charge in [-0.25, -0.2) is 4.98 Å². The SMILES string of the molecule is CCOC(=O)C1CCN(C(=O)c2sc3nc(N)c(C#N)c(C(C)C)c3c2N)CC1. The molecule has 1 aliphatic heterocycles. The fourth-order valence-corrected chi connectivity index (χ4v) is 4.86. The number of ether oxygens (including phenoxy) is 1. The lowest BCUT2D eigenvalue weighted by Gasteiger charge is -2.30. The molecule has 29 heavy (non-hydrogen) atoms. The first-order valence-corrected chi connectivity index (χ1v) is 10.5. The summed E-state index contributed by atoms with van der Waals surface area (Å²) < 4.78 is 5.08. The van der Waals surface area contributed by atoms with E-state index in [1.807, 2.05) is 13.8 Å². The van der Waals surface area contributed by atoms with Crippen LogP contribution in [0, 0.1) is 17.2 Å². The fourth-order valence-electron chi connectivity index (χ4n) is 3.77. The van der Waals surface area contributed by atoms with E-state index in [4.69, 9.17) is 16.2 Å². The van der Waals surface area contributed by atoms with Gasteiger partial charge in [-0.05, 0) is 31.2 Å². The van der Waals surface area contributed by atoms with Gasteiger partial charge >= 0.3 is 5.97 Å². The van der Waals surface area contributed by atoms with Crippen molar-refractivity contribution in [1.82, 2.24) is 9.88 Å². The van der Waals surface area contributed by atoms with E-state index in [9.17, 15) is 14.9 Å². The Balaban J connectivity index is 1.92. The number of pyridine rings is 1. The van der Waals surface area contributed by atoms with E-state index in [1.54, 1.807) is 11.8 Å². The van der Waals surface area contributed by atoms with Crippen molar-refractivity contribution in [3.63, 3.8) is 0 Å². The normalized spacial score (nSPS) is 14.9. The second-order valence-corrected chi connectivity index (χ2v) is 8.39. The highest BCUT2D eigenvalue weighted by molar-refractivity contribution is 7.21. The number of nitriles is 1. The number of esters is 1. The second kappa shape index (κ2) is 8.25. The Labute approximate surface area is 173 Å². The summed E-state index contributed by atoms with van der Waals surface area (Å²) in [6, 6.07) is 2.11. The molecule has 154 valence electrons. The Morgan fingerprint density at radius 2 is 2.00 bits per heavy atom. The molecule has 0 radical (unpaired) electrons. The third kappa shape index (κ3) is 3.72. The molecular weight excluding hydrogens is 390 g/mol. The second-order valence-electron chi connectivity index (χ2n) is 7.40. The molecule has 1 fully saturated rings. The van der Waals surface area contributed by atoms with Crippen LogP contribution in [0.4, 0.5) is 11.5 Å². The van der Waals surface area contributed by atoms with Gasteiger partial charge in [-0.3, -0.25) is 9.59 Å². The molecule has 2 aromatic rings. The third-order valence-electron chi connectivity index (χ3n) is 5.23. The third-order valence-corrected chi connectivity index (χ3v) is 6.32. The molecule has 1 aliphatic rings. The van der Waals surface area contributed by atoms with E-state index in [0.717, 1.165) is 5.56 Å². The lowest BCUT2D eigenvalue weighted by Crippen LogP contribution is -2.40. The molecule has 9 heteroatoms. The molecule has 0 aliphatic carbocycles. The molecule has 4 N–H and O–H groups in total. The van der Waals surface area contributed by atoms with Crippen LogP contribution in [0.3, 0.4) is 0 Å². The first kappa shape index (κ1) is 20.9. The molecule has 0 aromatic carbocycles. The Kier molecular flexibility index (Phi) is 5.94. The van der Waals surface area contributed by atoms with Gasteiger partial charge in [-0.15, -0.1) is 11.3 Å². The summed E-state index contributed by atoms with van der Waals surface area (Å²) in [4.78, 5) is 32.0. The number of fused-ring (bicyclic) bond motifs is 1. The number of carbonyl (C=O) groups excluding carboxylic acids is 2. The van der Waals surface area contributed by atoms with Gasteiger partial charge < -0.3 is 21.1 Å². The van der Waals surface area contributed by atoms with Crippen molar-refractivity contribution in [1.29, 1.82) is 5.26 Å². The zero-order valence-electron chi connectivity index (χ0n) is 16.8. The lowest BCUT2D eigenvalue weighted by molar-refractivity contribution is -0.149. The number of carbonyl (C=O) groups is 2. The number of aromatic nitrogens is 1. The van der Waals surface area contributed by atoms with Crippen molar-refractivity contribution in [3.05, 3.63) is 16.0 Å². The van der Waals surface area contributed by atoms with Crippen molar-refractivity contribution in [2.24, 2.45) is 5.92 Å². The topological polar surface area (TPSA) is 135 Å². The molecule has 0 unspecified atom stereocenters. The van der Waals surface area contributed by atoms with Crippen molar-refractivity contribution in [3.8, 4) is 6.07 Å². The molecular formula is C20H25N5O3S. The summed E-state index contributed by atoms with van der Waals surface area (Å²) in [5.41, 5.74) is 13.7. The van der Waals surface area contributed by atoms with Crippen LogP contribution in [0.5, 0.6) is 0 Å². The number of piperidine rings is 1. The molecule has 0 bridgehead atoms. The standard InChI is InChI=1S/C20H25N5O3S/c1-4-28-20(27)11-5-7-25(8-6-11)19(26)16-15(22)14-13(10(2)3)12(9-21)17(23)24-18(14)29-16/h10-11H,4-8,22H2,1-3H3,(H2,23,24). The molecule has 2 aromatic heterocycles. The van der Waals surface area contributed by atoms with E-state index in [0.29, 0.717) is 58.9 Å². The van der Waals surface area contributed by atoms with Crippen molar-refractivity contribution in [2.45, 2.75) is 39.5 Å². The van der Waals surface area contributed by atoms with E-state index < -0.39 is 0 Å². The monoisotopic (exact) mass is 415 g/mol. The molecule has 3 rings (SSSR count). The predicted molar refractivity (Wildman–Crippen MR) is 113 cm³/mol. The minimum Gasteiger partial charge on any atom is -0.466 e. The number of nitrogen functional groups attached to an aromatic ring is 2. The molecule has 0 spiro atoms. The number of amides is 1. The van der Waals surface area contributed by atoms with Gasteiger partial charge in [-0.1, -0.05) is 13.8 Å². The van der Waals surface area contributed by atoms with Gasteiger partial charge in [0.05, 0.1) is 23.8 Å². The van der Waals surface area contributed by atoms with E-state index >= 15 is 0 Å². The minimum atomic E-state index is -0.203. The Bertz CT molecular complexity index is 1000. The zero-order chi connectivity index (χ0) is 21.3. The largest absolute Gasteiger partial charge is 0.466 e. The van der Waals surface area contributed by atoms with Gasteiger partial charge in [0.25, 0.3) is 5.91 Å². The average Bonchev–Trinajstić information content (AvgIpc) is 3.02. The summed E-state index contributed by atoms with van der Waals surface area (Å²) in [5, 5.41) is 10.1. The summed E-state index contributed by atoms with van der Waals surface area (Å²) in [5.74, 6) is -0.409. The lowest BCUT2D eigenvalue weighted by atomic mass is 9.94. The van der Waals surface area contributed by atoms with Crippen LogP contribution in [0.25, 0.3) is 10.2 Å². The Morgan fingerprint density at radius 3 is 2.55 bits per heavy atom. The van der Waals surface area contributed by atoms with Crippen molar-refractivity contribution >= 4 is 44.9 Å². The van der Waals surface area contributed by atoms with Crippen molar-refractivity contribution in [2.75, 3.05) is 31.2 Å². The van der Waals surface area contributed by atoms with E-state index in [1.165, 1.54) is 11.3 Å². The van der Waals surface area contributed by atoms with Crippen LogP contribution in [0.15, 0.2) is 0 Å². The van der Waals surface area contributed by atoms with Crippen molar-refractivity contribution < 1.29 is 14.3 Å². The molecule has 3 heterocycles. The van der Waals surface area contributed by atoms with Crippen LogP contribution in [0.1, 0.15) is 60.3 Å². The first-order valence-electron chi connectivity index (χ1n) is 9.67. The van der Waals surface area contributed by atoms with Crippen LogP contribution in [0.2, 0.25) is 0 Å². The number of thiophene rings is 1. The highest BCUT2D eigenvalue weighted by Crippen LogP contribution is 2.41. The number of hydrogen-bond acceptors (Lipinski definition) is 8. The molecule has 1 saturated heterocycles. The Morgan fingerprint density at radius 1 is 1.34 bits per heavy atom. The number of anilines is 2. The van der Waals surface area contributed by atoms with E-state index in [2.05, 4.69) is 11.1 Å². The van der Waals surface area contributed by atoms with Gasteiger partial charge in [0.1, 0.15) is 21.6 Å². The van der Waals surface area contributed by atoms with Gasteiger partial charge in [0.2, 0.25) is 0 Å². The highest BCUT2D eigenvalue weighted by Gasteiger charge is 2.31. The fraction of sp³-hybridized carbons (Fsp3) is 0.500. The zero-order valence-corrected chi connectivity index (χ0v) is 17.6. The van der Waals surface area contributed by atoms with Crippen LogP contribution in [-0.4, -0.2) is 41.5 Å². The number of likely N-dealkylation sites (tertiary alicyclic amines) is 1. The number of nitrogens with two attached hydrogens (primary N) is 2. The summed E-state index contributed by atoms with van der Waals surface area (Å²) in [6.45, 7) is 6.97.